The van der Waals surface area contributed by atoms with Gasteiger partial charge in [-0.25, -0.2) is 25.9 Å². The lowest BCUT2D eigenvalue weighted by Crippen LogP contribution is -2.38. The molecule has 1 N–H and O–H groups in total. The molecular weight excluding hydrogens is 381 g/mol. The van der Waals surface area contributed by atoms with Crippen molar-refractivity contribution in [1.29, 1.82) is 5.26 Å². The van der Waals surface area contributed by atoms with Crippen molar-refractivity contribution in [3.05, 3.63) is 59.9 Å². The molecule has 2 aromatic carbocycles. The molecular formula is C16H16FN3O4S2. The molecule has 0 saturated heterocycles. The number of halogens is 1. The highest BCUT2D eigenvalue weighted by molar-refractivity contribution is 7.92. The summed E-state index contributed by atoms with van der Waals surface area (Å²) < 4.78 is 64.6. The van der Waals surface area contributed by atoms with E-state index in [9.17, 15) is 21.2 Å². The molecule has 0 fully saturated rings. The maximum atomic E-state index is 12.9. The third-order valence-electron chi connectivity index (χ3n) is 3.42. The summed E-state index contributed by atoms with van der Waals surface area (Å²) in [6, 6.07) is 12.3. The van der Waals surface area contributed by atoms with Gasteiger partial charge in [0.05, 0.1) is 22.4 Å². The second-order valence-corrected chi connectivity index (χ2v) is 8.99. The number of para-hydroxylation sites is 1. The summed E-state index contributed by atoms with van der Waals surface area (Å²) in [5.74, 6) is -0.569. The number of nitriles is 1. The van der Waals surface area contributed by atoms with Crippen LogP contribution in [-0.4, -0.2) is 36.2 Å². The van der Waals surface area contributed by atoms with Gasteiger partial charge in [0.1, 0.15) is 11.9 Å². The summed E-state index contributed by atoms with van der Waals surface area (Å²) in [4.78, 5) is -0.137. The summed E-state index contributed by atoms with van der Waals surface area (Å²) in [5, 5.41) is 9.15. The standard InChI is InChI=1S/C16H16FN3O4S2/c1-25(21,22)20(16-5-3-2-4-13(16)12-18)11-10-19-26(23,24)15-8-6-14(17)7-9-15/h2-9,19H,10-11H2,1H3. The Morgan fingerprint density at radius 2 is 1.69 bits per heavy atom. The highest BCUT2D eigenvalue weighted by atomic mass is 32.2. The Kier molecular flexibility index (Phi) is 5.97. The van der Waals surface area contributed by atoms with E-state index in [0.717, 1.165) is 34.8 Å². The van der Waals surface area contributed by atoms with Gasteiger partial charge in [-0.15, -0.1) is 0 Å². The molecule has 0 amide bonds. The van der Waals surface area contributed by atoms with Crippen molar-refractivity contribution in [1.82, 2.24) is 4.72 Å². The summed E-state index contributed by atoms with van der Waals surface area (Å²) >= 11 is 0. The van der Waals surface area contributed by atoms with E-state index in [1.807, 2.05) is 6.07 Å². The number of hydrogen-bond acceptors (Lipinski definition) is 5. The van der Waals surface area contributed by atoms with Crippen molar-refractivity contribution in [3.63, 3.8) is 0 Å². The average molecular weight is 397 g/mol. The predicted octanol–water partition coefficient (Wildman–Crippen LogP) is 1.44. The smallest absolute Gasteiger partial charge is 0.240 e. The number of hydrogen-bond donors (Lipinski definition) is 1. The van der Waals surface area contributed by atoms with Crippen molar-refractivity contribution in [3.8, 4) is 6.07 Å². The van der Waals surface area contributed by atoms with Gasteiger partial charge in [-0.3, -0.25) is 4.31 Å². The molecule has 0 aliphatic carbocycles. The maximum absolute atomic E-state index is 12.9. The van der Waals surface area contributed by atoms with Crippen LogP contribution in [-0.2, 0) is 20.0 Å². The van der Waals surface area contributed by atoms with E-state index < -0.39 is 25.9 Å². The number of nitrogens with one attached hydrogen (secondary N) is 1. The van der Waals surface area contributed by atoms with Crippen LogP contribution in [0.1, 0.15) is 5.56 Å². The van der Waals surface area contributed by atoms with Crippen LogP contribution in [0, 0.1) is 17.1 Å². The topological polar surface area (TPSA) is 107 Å². The molecule has 0 bridgehead atoms. The van der Waals surface area contributed by atoms with Crippen molar-refractivity contribution < 1.29 is 21.2 Å². The van der Waals surface area contributed by atoms with Gasteiger partial charge in [-0.05, 0) is 36.4 Å². The normalized spacial score (nSPS) is 11.7. The van der Waals surface area contributed by atoms with Gasteiger partial charge in [-0.2, -0.15) is 5.26 Å². The van der Waals surface area contributed by atoms with E-state index in [-0.39, 0.29) is 29.2 Å². The van der Waals surface area contributed by atoms with Gasteiger partial charge in [-0.1, -0.05) is 12.1 Å². The zero-order valence-corrected chi connectivity index (χ0v) is 15.4. The second kappa shape index (κ2) is 7.82. The van der Waals surface area contributed by atoms with Crippen LogP contribution in [0.15, 0.2) is 53.4 Å². The van der Waals surface area contributed by atoms with Gasteiger partial charge in [0.15, 0.2) is 0 Å². The molecule has 0 aliphatic heterocycles. The quantitative estimate of drug-likeness (QED) is 0.761. The first kappa shape index (κ1) is 19.8. The van der Waals surface area contributed by atoms with E-state index in [1.54, 1.807) is 12.1 Å². The molecule has 0 saturated carbocycles. The molecule has 0 aliphatic rings. The zero-order valence-electron chi connectivity index (χ0n) is 13.8. The van der Waals surface area contributed by atoms with Crippen LogP contribution < -0.4 is 9.03 Å². The van der Waals surface area contributed by atoms with Gasteiger partial charge < -0.3 is 0 Å². The number of sulfonamides is 2. The molecule has 0 heterocycles. The van der Waals surface area contributed by atoms with E-state index in [1.165, 1.54) is 12.1 Å². The zero-order chi connectivity index (χ0) is 19.4. The van der Waals surface area contributed by atoms with Crippen molar-refractivity contribution in [2.24, 2.45) is 0 Å². The molecule has 0 spiro atoms. The Balaban J connectivity index is 2.19. The lowest BCUT2D eigenvalue weighted by molar-refractivity contribution is 0.577. The molecule has 2 rings (SSSR count). The van der Waals surface area contributed by atoms with Crippen LogP contribution in [0.25, 0.3) is 0 Å². The summed E-state index contributed by atoms with van der Waals surface area (Å²) in [7, 11) is -7.66. The first-order valence-corrected chi connectivity index (χ1v) is 10.7. The summed E-state index contributed by atoms with van der Waals surface area (Å²) in [5.41, 5.74) is 0.317. The molecule has 10 heteroatoms. The molecule has 0 atom stereocenters. The van der Waals surface area contributed by atoms with Crippen molar-refractivity contribution in [2.75, 3.05) is 23.7 Å². The maximum Gasteiger partial charge on any atom is 0.240 e. The van der Waals surface area contributed by atoms with E-state index in [4.69, 9.17) is 5.26 Å². The Hall–Kier alpha value is -2.48. The van der Waals surface area contributed by atoms with Crippen molar-refractivity contribution >= 4 is 25.7 Å². The molecule has 0 aromatic heterocycles. The monoisotopic (exact) mass is 397 g/mol. The van der Waals surface area contributed by atoms with Crippen LogP contribution in [0.2, 0.25) is 0 Å². The fourth-order valence-electron chi connectivity index (χ4n) is 2.23. The third kappa shape index (κ3) is 4.78. The minimum atomic E-state index is -3.92. The fourth-order valence-corrected chi connectivity index (χ4v) is 4.19. The fraction of sp³-hybridized carbons (Fsp3) is 0.188. The minimum absolute atomic E-state index is 0.137. The van der Waals surface area contributed by atoms with Crippen LogP contribution >= 0.6 is 0 Å². The van der Waals surface area contributed by atoms with Gasteiger partial charge in [0.2, 0.25) is 20.0 Å². The molecule has 0 radical (unpaired) electrons. The number of benzene rings is 2. The van der Waals surface area contributed by atoms with Crippen molar-refractivity contribution in [2.45, 2.75) is 4.90 Å². The lowest BCUT2D eigenvalue weighted by atomic mass is 10.2. The lowest BCUT2D eigenvalue weighted by Gasteiger charge is -2.23. The first-order chi connectivity index (χ1) is 12.1. The number of anilines is 1. The number of rotatable bonds is 7. The summed E-state index contributed by atoms with van der Waals surface area (Å²) in [6.45, 7) is -0.440. The Morgan fingerprint density at radius 1 is 1.08 bits per heavy atom. The predicted molar refractivity (Wildman–Crippen MR) is 94.9 cm³/mol. The first-order valence-electron chi connectivity index (χ1n) is 7.37. The minimum Gasteiger partial charge on any atom is -0.268 e. The SMILES string of the molecule is CS(=O)(=O)N(CCNS(=O)(=O)c1ccc(F)cc1)c1ccccc1C#N. The molecule has 7 nitrogen and oxygen atoms in total. The van der Waals surface area contributed by atoms with E-state index in [2.05, 4.69) is 4.72 Å². The molecule has 138 valence electrons. The Bertz CT molecular complexity index is 1030. The van der Waals surface area contributed by atoms with Gasteiger partial charge in [0.25, 0.3) is 0 Å². The van der Waals surface area contributed by atoms with E-state index in [0.29, 0.717) is 0 Å². The Labute approximate surface area is 151 Å². The third-order valence-corrected chi connectivity index (χ3v) is 6.08. The second-order valence-electron chi connectivity index (χ2n) is 5.32. The molecule has 0 unspecified atom stereocenters. The average Bonchev–Trinajstić information content (AvgIpc) is 2.58. The van der Waals surface area contributed by atoms with Gasteiger partial charge in [0, 0.05) is 13.1 Å². The highest BCUT2D eigenvalue weighted by Gasteiger charge is 2.21. The van der Waals surface area contributed by atoms with E-state index >= 15 is 0 Å². The molecule has 2 aromatic rings. The highest BCUT2D eigenvalue weighted by Crippen LogP contribution is 2.21. The largest absolute Gasteiger partial charge is 0.268 e. The Morgan fingerprint density at radius 3 is 2.27 bits per heavy atom. The van der Waals surface area contributed by atoms with Crippen LogP contribution in [0.3, 0.4) is 0 Å². The van der Waals surface area contributed by atoms with Crippen LogP contribution in [0.5, 0.6) is 0 Å². The molecule has 26 heavy (non-hydrogen) atoms. The number of nitrogens with zero attached hydrogens (tertiary/aromatic N) is 2. The van der Waals surface area contributed by atoms with Crippen LogP contribution in [0.4, 0.5) is 10.1 Å². The van der Waals surface area contributed by atoms with Gasteiger partial charge >= 0.3 is 0 Å². The summed E-state index contributed by atoms with van der Waals surface area (Å²) in [6.07, 6.45) is 0.968.